The van der Waals surface area contributed by atoms with Gasteiger partial charge in [0.2, 0.25) is 0 Å². The molecule has 4 nitrogen and oxygen atoms in total. The average Bonchev–Trinajstić information content (AvgIpc) is 2.86. The van der Waals surface area contributed by atoms with Gasteiger partial charge in [-0.1, -0.05) is 30.1 Å². The summed E-state index contributed by atoms with van der Waals surface area (Å²) < 4.78 is 6.91. The summed E-state index contributed by atoms with van der Waals surface area (Å²) in [4.78, 5) is 0. The van der Waals surface area contributed by atoms with E-state index in [-0.39, 0.29) is 0 Å². The molecule has 0 saturated heterocycles. The molecule has 0 amide bonds. The number of ether oxygens (including phenoxy) is 1. The summed E-state index contributed by atoms with van der Waals surface area (Å²) in [5, 5.41) is 9.02. The molecule has 2 aromatic rings. The summed E-state index contributed by atoms with van der Waals surface area (Å²) in [6.07, 6.45) is 2.75. The lowest BCUT2D eigenvalue weighted by atomic mass is 10.2. The Bertz CT molecular complexity index is 599. The summed E-state index contributed by atoms with van der Waals surface area (Å²) in [7, 11) is 1.69. The van der Waals surface area contributed by atoms with Gasteiger partial charge in [0.15, 0.2) is 0 Å². The molecule has 114 valence electrons. The van der Waals surface area contributed by atoms with Crippen molar-refractivity contribution >= 4 is 23.2 Å². The molecule has 0 unspecified atom stereocenters. The van der Waals surface area contributed by atoms with E-state index in [1.807, 2.05) is 23.0 Å². The molecule has 0 radical (unpaired) electrons. The van der Waals surface area contributed by atoms with E-state index in [1.54, 1.807) is 13.2 Å². The fourth-order valence-corrected chi connectivity index (χ4v) is 2.68. The lowest BCUT2D eigenvalue weighted by Crippen LogP contribution is -2.19. The van der Waals surface area contributed by atoms with E-state index >= 15 is 0 Å². The second kappa shape index (κ2) is 7.80. The van der Waals surface area contributed by atoms with E-state index in [1.165, 1.54) is 5.56 Å². The predicted molar refractivity (Wildman–Crippen MR) is 86.5 cm³/mol. The molecule has 0 aliphatic carbocycles. The summed E-state index contributed by atoms with van der Waals surface area (Å²) in [6.45, 7) is 4.37. The highest BCUT2D eigenvalue weighted by molar-refractivity contribution is 6.35. The van der Waals surface area contributed by atoms with Crippen molar-refractivity contribution < 1.29 is 4.74 Å². The third-order valence-corrected chi connectivity index (χ3v) is 3.76. The van der Waals surface area contributed by atoms with Crippen LogP contribution in [0.4, 0.5) is 0 Å². The minimum Gasteiger partial charge on any atom is -0.383 e. The zero-order chi connectivity index (χ0) is 15.2. The number of hydrogen-bond acceptors (Lipinski definition) is 3. The molecule has 1 heterocycles. The van der Waals surface area contributed by atoms with Gasteiger partial charge in [0.1, 0.15) is 0 Å². The maximum atomic E-state index is 6.27. The Labute approximate surface area is 135 Å². The third kappa shape index (κ3) is 3.98. The molecular formula is C15H19Cl2N3O. The molecule has 1 N–H and O–H groups in total. The minimum absolute atomic E-state index is 0.596. The van der Waals surface area contributed by atoms with Gasteiger partial charge in [0.25, 0.3) is 0 Å². The minimum atomic E-state index is 0.596. The Morgan fingerprint density at radius 2 is 2.14 bits per heavy atom. The first-order valence-electron chi connectivity index (χ1n) is 6.88. The van der Waals surface area contributed by atoms with Gasteiger partial charge in [-0.2, -0.15) is 5.10 Å². The van der Waals surface area contributed by atoms with Crippen LogP contribution in [0.5, 0.6) is 0 Å². The van der Waals surface area contributed by atoms with Crippen LogP contribution in [0.25, 0.3) is 5.69 Å². The smallest absolute Gasteiger partial charge is 0.0836 e. The van der Waals surface area contributed by atoms with Crippen LogP contribution < -0.4 is 5.32 Å². The van der Waals surface area contributed by atoms with Crippen LogP contribution in [0.3, 0.4) is 0 Å². The number of benzene rings is 1. The van der Waals surface area contributed by atoms with Gasteiger partial charge in [0.05, 0.1) is 23.5 Å². The third-order valence-electron chi connectivity index (χ3n) is 3.23. The molecule has 6 heteroatoms. The largest absolute Gasteiger partial charge is 0.383 e. The molecule has 0 spiro atoms. The number of nitrogens with one attached hydrogen (secondary N) is 1. The summed E-state index contributed by atoms with van der Waals surface area (Å²) >= 11 is 12.2. The van der Waals surface area contributed by atoms with Crippen molar-refractivity contribution in [1.29, 1.82) is 0 Å². The van der Waals surface area contributed by atoms with Crippen LogP contribution in [0.2, 0.25) is 10.0 Å². The van der Waals surface area contributed by atoms with Gasteiger partial charge in [-0.3, -0.25) is 0 Å². The van der Waals surface area contributed by atoms with Crippen LogP contribution in [0.1, 0.15) is 18.2 Å². The Balaban J connectivity index is 2.22. The molecule has 0 aliphatic rings. The van der Waals surface area contributed by atoms with Gasteiger partial charge in [-0.25, -0.2) is 4.68 Å². The van der Waals surface area contributed by atoms with Gasteiger partial charge >= 0.3 is 0 Å². The van der Waals surface area contributed by atoms with Crippen LogP contribution >= 0.6 is 23.2 Å². The topological polar surface area (TPSA) is 39.1 Å². The molecule has 1 aromatic heterocycles. The van der Waals surface area contributed by atoms with Crippen molar-refractivity contribution in [1.82, 2.24) is 15.1 Å². The van der Waals surface area contributed by atoms with Crippen molar-refractivity contribution in [2.45, 2.75) is 19.9 Å². The summed E-state index contributed by atoms with van der Waals surface area (Å²) in [5.74, 6) is 0. The molecule has 0 fully saturated rings. The maximum absolute atomic E-state index is 6.27. The Kier molecular flexibility index (Phi) is 6.06. The number of nitrogens with zero attached hydrogens (tertiary/aromatic N) is 2. The second-order valence-corrected chi connectivity index (χ2v) is 5.49. The van der Waals surface area contributed by atoms with Gasteiger partial charge < -0.3 is 10.1 Å². The predicted octanol–water partition coefficient (Wildman–Crippen LogP) is 3.48. The average molecular weight is 328 g/mol. The molecule has 0 atom stereocenters. The monoisotopic (exact) mass is 327 g/mol. The first kappa shape index (κ1) is 16.3. The number of methoxy groups -OCH3 is 1. The zero-order valence-corrected chi connectivity index (χ0v) is 13.7. The fourth-order valence-electron chi connectivity index (χ4n) is 2.19. The van der Waals surface area contributed by atoms with Crippen LogP contribution in [0, 0.1) is 0 Å². The molecule has 2 rings (SSSR count). The second-order valence-electron chi connectivity index (χ2n) is 4.65. The van der Waals surface area contributed by atoms with Crippen molar-refractivity contribution in [3.63, 3.8) is 0 Å². The number of rotatable bonds is 7. The van der Waals surface area contributed by atoms with Crippen molar-refractivity contribution in [2.75, 3.05) is 20.3 Å². The molecule has 21 heavy (non-hydrogen) atoms. The SMILES string of the molecule is CCc1c(CNCCOC)cnn1-c1ccc(Cl)cc1Cl. The van der Waals surface area contributed by atoms with Crippen molar-refractivity contribution in [3.05, 3.63) is 45.7 Å². The van der Waals surface area contributed by atoms with E-state index < -0.39 is 0 Å². The standard InChI is InChI=1S/C15H19Cl2N3O/c1-3-14-11(9-18-6-7-21-2)10-19-20(14)15-5-4-12(16)8-13(15)17/h4-5,8,10,18H,3,6-7,9H2,1-2H3. The highest BCUT2D eigenvalue weighted by Crippen LogP contribution is 2.26. The van der Waals surface area contributed by atoms with Crippen molar-refractivity contribution in [3.8, 4) is 5.69 Å². The Morgan fingerprint density at radius 3 is 2.81 bits per heavy atom. The Hall–Kier alpha value is -1.07. The molecule has 0 bridgehead atoms. The molecule has 0 saturated carbocycles. The van der Waals surface area contributed by atoms with Crippen molar-refractivity contribution in [2.24, 2.45) is 0 Å². The van der Waals surface area contributed by atoms with E-state index in [0.29, 0.717) is 16.7 Å². The van der Waals surface area contributed by atoms with Crippen LogP contribution in [0.15, 0.2) is 24.4 Å². The first-order valence-corrected chi connectivity index (χ1v) is 7.63. The summed E-state index contributed by atoms with van der Waals surface area (Å²) in [5.41, 5.74) is 3.16. The van der Waals surface area contributed by atoms with Gasteiger partial charge in [-0.05, 0) is 24.6 Å². The molecule has 0 aliphatic heterocycles. The fraction of sp³-hybridized carbons (Fsp3) is 0.400. The highest BCUT2D eigenvalue weighted by atomic mass is 35.5. The number of hydrogen-bond donors (Lipinski definition) is 1. The van der Waals surface area contributed by atoms with E-state index in [4.69, 9.17) is 27.9 Å². The van der Waals surface area contributed by atoms with Crippen LogP contribution in [-0.4, -0.2) is 30.0 Å². The molecular weight excluding hydrogens is 309 g/mol. The first-order chi connectivity index (χ1) is 10.2. The van der Waals surface area contributed by atoms with E-state index in [2.05, 4.69) is 17.3 Å². The molecule has 1 aromatic carbocycles. The number of halogens is 2. The lowest BCUT2D eigenvalue weighted by molar-refractivity contribution is 0.199. The number of aromatic nitrogens is 2. The highest BCUT2D eigenvalue weighted by Gasteiger charge is 2.13. The normalized spacial score (nSPS) is 11.0. The quantitative estimate of drug-likeness (QED) is 0.791. The summed E-state index contributed by atoms with van der Waals surface area (Å²) in [6, 6.07) is 5.44. The van der Waals surface area contributed by atoms with Gasteiger partial charge in [-0.15, -0.1) is 0 Å². The zero-order valence-electron chi connectivity index (χ0n) is 12.2. The maximum Gasteiger partial charge on any atom is 0.0836 e. The van der Waals surface area contributed by atoms with Crippen LogP contribution in [-0.2, 0) is 17.7 Å². The Morgan fingerprint density at radius 1 is 1.33 bits per heavy atom. The van der Waals surface area contributed by atoms with E-state index in [0.717, 1.165) is 30.9 Å². The lowest BCUT2D eigenvalue weighted by Gasteiger charge is -2.10. The van der Waals surface area contributed by atoms with E-state index in [9.17, 15) is 0 Å². The van der Waals surface area contributed by atoms with Gasteiger partial charge in [0, 0.05) is 36.5 Å².